The van der Waals surface area contributed by atoms with E-state index in [0.717, 1.165) is 0 Å². The molecule has 0 saturated carbocycles. The smallest absolute Gasteiger partial charge is 0.358 e. The Balaban J connectivity index is -0.00000000200. The molecule has 0 heterocycles. The molecular weight excluding hydrogens is 136 g/mol. The molecule has 0 saturated heterocycles. The molecule has 0 amide bonds. The zero-order valence-corrected chi connectivity index (χ0v) is 7.79. The molecule has 0 unspecified atom stereocenters. The summed E-state index contributed by atoms with van der Waals surface area (Å²) in [6.45, 7) is 2.00. The van der Waals surface area contributed by atoms with Crippen LogP contribution in [0, 0.1) is 22.3 Å². The van der Waals surface area contributed by atoms with Crippen LogP contribution >= 0.6 is 0 Å². The molecule has 4 N–H and O–H groups in total. The van der Waals surface area contributed by atoms with Gasteiger partial charge in [0.05, 0.1) is 0 Å². The SMILES string of the molecule is C[CH]=[Ti].[CH3-].[CH3-].[CH3-].[NH2-].[NH2-]. The molecule has 2 nitrogen and oxygen atoms in total. The van der Waals surface area contributed by atoms with Crippen LogP contribution in [0.5, 0.6) is 0 Å². The molecule has 3 heteroatoms. The van der Waals surface area contributed by atoms with Crippen LogP contribution in [0.15, 0.2) is 0 Å². The zero-order chi connectivity index (χ0) is 2.71. The van der Waals surface area contributed by atoms with Gasteiger partial charge in [0.15, 0.2) is 0 Å². The summed E-state index contributed by atoms with van der Waals surface area (Å²) in [5.41, 5.74) is 0. The summed E-state index contributed by atoms with van der Waals surface area (Å²) in [7, 11) is 0. The Morgan fingerprint density at radius 2 is 1.00 bits per heavy atom. The number of rotatable bonds is 0. The molecule has 0 aromatic heterocycles. The van der Waals surface area contributed by atoms with E-state index in [1.165, 1.54) is 0 Å². The van der Waals surface area contributed by atoms with Gasteiger partial charge in [-0.2, -0.15) is 0 Å². The summed E-state index contributed by atoms with van der Waals surface area (Å²) in [5.74, 6) is 0. The van der Waals surface area contributed by atoms with Gasteiger partial charge < -0.3 is 34.6 Å². The Labute approximate surface area is 66.1 Å². The van der Waals surface area contributed by atoms with Gasteiger partial charge in [0.25, 0.3) is 0 Å². The largest absolute Gasteiger partial charge is 0.693 e. The van der Waals surface area contributed by atoms with Crippen LogP contribution in [0.3, 0.4) is 0 Å². The molecule has 8 heavy (non-hydrogen) atoms. The number of nitrogens with two attached hydrogens (primary N) is 2. The summed E-state index contributed by atoms with van der Waals surface area (Å²) in [4.78, 5) is 0. The minimum atomic E-state index is 0. The van der Waals surface area contributed by atoms with Crippen molar-refractivity contribution in [2.75, 3.05) is 0 Å². The average Bonchev–Trinajstić information content (AvgIpc) is 0.918. The van der Waals surface area contributed by atoms with Crippen LogP contribution in [0.25, 0.3) is 12.3 Å². The first-order chi connectivity index (χ1) is 1.41. The van der Waals surface area contributed by atoms with Gasteiger partial charge in [-0.25, -0.2) is 0 Å². The van der Waals surface area contributed by atoms with Crippen LogP contribution < -0.4 is 0 Å². The zero-order valence-electron chi connectivity index (χ0n) is 6.23. The van der Waals surface area contributed by atoms with Crippen molar-refractivity contribution in [3.63, 3.8) is 0 Å². The molecule has 0 spiro atoms. The topological polar surface area (TPSA) is 67.0 Å². The standard InChI is InChI=1S/C2H4.3CH3.2H2N.Ti/c1-2;;;;;;/h1H,2H3;3*1H3;2*1H2;/q;5*-1;. The third-order valence-corrected chi connectivity index (χ3v) is 0. The molecule has 0 atom stereocenters. The monoisotopic (exact) mass is 153 g/mol. The second-order valence-electron chi connectivity index (χ2n) is 0.289. The van der Waals surface area contributed by atoms with E-state index in [1.807, 2.05) is 31.2 Å². The van der Waals surface area contributed by atoms with Crippen LogP contribution in [0.4, 0.5) is 0 Å². The maximum absolute atomic E-state index is 2.00. The second-order valence-corrected chi connectivity index (χ2v) is 1.19. The third-order valence-electron chi connectivity index (χ3n) is 0. The molecule has 56 valence electrons. The molecule has 0 aromatic carbocycles. The number of hydrogen-bond acceptors (Lipinski definition) is 0. The van der Waals surface area contributed by atoms with E-state index in [4.69, 9.17) is 0 Å². The van der Waals surface area contributed by atoms with Crippen molar-refractivity contribution >= 4 is 4.31 Å². The van der Waals surface area contributed by atoms with E-state index in [9.17, 15) is 0 Å². The number of hydrogen-bond donors (Lipinski definition) is 0. The first-order valence-corrected chi connectivity index (χ1v) is 1.77. The maximum Gasteiger partial charge on any atom is -0.358 e. The predicted octanol–water partition coefficient (Wildman–Crippen LogP) is 3.14. The summed E-state index contributed by atoms with van der Waals surface area (Å²) in [6, 6.07) is 0. The van der Waals surface area contributed by atoms with Crippen LogP contribution in [0.2, 0.25) is 0 Å². The Morgan fingerprint density at radius 3 is 1.00 bits per heavy atom. The van der Waals surface area contributed by atoms with Crippen molar-refractivity contribution in [2.45, 2.75) is 6.92 Å². The first-order valence-electron chi connectivity index (χ1n) is 0.866. The fourth-order valence-electron chi connectivity index (χ4n) is 0. The molecule has 0 aliphatic rings. The van der Waals surface area contributed by atoms with E-state index in [0.29, 0.717) is 0 Å². The van der Waals surface area contributed by atoms with Gasteiger partial charge in [0, 0.05) is 0 Å². The fraction of sp³-hybridized carbons (Fsp3) is 0.200. The summed E-state index contributed by atoms with van der Waals surface area (Å²) < 4.78 is 2.00. The maximum atomic E-state index is 2.00. The van der Waals surface area contributed by atoms with Gasteiger partial charge >= 0.3 is 31.2 Å². The van der Waals surface area contributed by atoms with E-state index in [1.54, 1.807) is 0 Å². The molecule has 0 rings (SSSR count). The van der Waals surface area contributed by atoms with Gasteiger partial charge in [-0.15, -0.1) is 0 Å². The Hall–Kier alpha value is 0.504. The van der Waals surface area contributed by atoms with Gasteiger partial charge in [0.1, 0.15) is 0 Å². The van der Waals surface area contributed by atoms with Crippen LogP contribution in [0.1, 0.15) is 6.92 Å². The van der Waals surface area contributed by atoms with Crippen molar-refractivity contribution in [3.05, 3.63) is 34.6 Å². The minimum Gasteiger partial charge on any atom is -0.693 e. The van der Waals surface area contributed by atoms with Gasteiger partial charge in [-0.3, -0.25) is 0 Å². The molecule has 0 aromatic rings. The van der Waals surface area contributed by atoms with Gasteiger partial charge in [-0.05, 0) is 0 Å². The van der Waals surface area contributed by atoms with Crippen LogP contribution in [-0.4, -0.2) is 4.31 Å². The molecule has 0 radical (unpaired) electrons. The molecule has 0 fully saturated rings. The second kappa shape index (κ2) is 140. The van der Waals surface area contributed by atoms with Crippen molar-refractivity contribution in [3.8, 4) is 0 Å². The van der Waals surface area contributed by atoms with E-state index in [-0.39, 0.29) is 34.6 Å². The molecule has 0 bridgehead atoms. The molecular formula is C5H17N2Ti-5. The van der Waals surface area contributed by atoms with E-state index < -0.39 is 0 Å². The van der Waals surface area contributed by atoms with E-state index in [2.05, 4.69) is 0 Å². The summed E-state index contributed by atoms with van der Waals surface area (Å²) in [6.07, 6.45) is 0. The third kappa shape index (κ3) is 775. The normalized spacial score (nSPS) is 1.50. The fourth-order valence-corrected chi connectivity index (χ4v) is 0. The molecule has 0 aliphatic carbocycles. The van der Waals surface area contributed by atoms with Crippen LogP contribution in [-0.2, 0) is 20.0 Å². The quantitative estimate of drug-likeness (QED) is 0.379. The Bertz CT molecular complexity index is 17.9. The molecule has 0 aliphatic heterocycles. The van der Waals surface area contributed by atoms with Gasteiger partial charge in [-0.1, -0.05) is 0 Å². The first kappa shape index (κ1) is 76.4. The van der Waals surface area contributed by atoms with Crippen molar-refractivity contribution < 1.29 is 20.0 Å². The Kier molecular flexibility index (Phi) is 1340. The van der Waals surface area contributed by atoms with Gasteiger partial charge in [0.2, 0.25) is 0 Å². The van der Waals surface area contributed by atoms with E-state index >= 15 is 0 Å². The summed E-state index contributed by atoms with van der Waals surface area (Å²) in [5, 5.41) is 0. The average molecular weight is 153 g/mol. The Morgan fingerprint density at radius 1 is 1.00 bits per heavy atom. The van der Waals surface area contributed by atoms with Crippen molar-refractivity contribution in [1.29, 1.82) is 0 Å². The van der Waals surface area contributed by atoms with Crippen molar-refractivity contribution in [2.24, 2.45) is 0 Å². The van der Waals surface area contributed by atoms with Crippen molar-refractivity contribution in [1.82, 2.24) is 0 Å². The minimum absolute atomic E-state index is 0. The predicted molar refractivity (Wildman–Crippen MR) is 41.5 cm³/mol. The summed E-state index contributed by atoms with van der Waals surface area (Å²) >= 11 is 2.00.